The average molecular weight is 323 g/mol. The minimum Gasteiger partial charge on any atom is -0.336 e. The van der Waals surface area contributed by atoms with Crippen LogP contribution in [0.2, 0.25) is 0 Å². The van der Waals surface area contributed by atoms with Crippen molar-refractivity contribution in [1.29, 1.82) is 0 Å². The second kappa shape index (κ2) is 5.47. The number of aryl methyl sites for hydroxylation is 3. The molecule has 0 saturated carbocycles. The molecular formula is C18H21N5O. The molecule has 1 saturated heterocycles. The molecule has 3 aromatic rings. The van der Waals surface area contributed by atoms with Crippen LogP contribution in [-0.2, 0) is 7.05 Å². The van der Waals surface area contributed by atoms with E-state index in [-0.39, 0.29) is 11.9 Å². The lowest BCUT2D eigenvalue weighted by Gasteiger charge is -2.23. The highest BCUT2D eigenvalue weighted by Crippen LogP contribution is 2.32. The molecule has 3 aromatic heterocycles. The van der Waals surface area contributed by atoms with E-state index in [9.17, 15) is 4.79 Å². The van der Waals surface area contributed by atoms with E-state index in [4.69, 9.17) is 0 Å². The highest BCUT2D eigenvalue weighted by Gasteiger charge is 2.34. The minimum absolute atomic E-state index is 0.0143. The molecule has 0 spiro atoms. The molecule has 0 bridgehead atoms. The zero-order chi connectivity index (χ0) is 16.8. The first kappa shape index (κ1) is 14.9. The zero-order valence-corrected chi connectivity index (χ0v) is 14.2. The van der Waals surface area contributed by atoms with Crippen LogP contribution in [0.3, 0.4) is 0 Å². The molecule has 6 nitrogen and oxygen atoms in total. The molecule has 0 aromatic carbocycles. The van der Waals surface area contributed by atoms with Gasteiger partial charge in [0.2, 0.25) is 0 Å². The lowest BCUT2D eigenvalue weighted by atomic mass is 10.2. The monoisotopic (exact) mass is 323 g/mol. The maximum absolute atomic E-state index is 13.0. The number of aromatic nitrogens is 4. The summed E-state index contributed by atoms with van der Waals surface area (Å²) >= 11 is 0. The fourth-order valence-electron chi connectivity index (χ4n) is 3.58. The zero-order valence-electron chi connectivity index (χ0n) is 14.2. The highest BCUT2D eigenvalue weighted by molar-refractivity contribution is 5.93. The Bertz CT molecular complexity index is 923. The molecule has 0 aliphatic carbocycles. The summed E-state index contributed by atoms with van der Waals surface area (Å²) in [5.74, 6) is 0.942. The van der Waals surface area contributed by atoms with Crippen molar-refractivity contribution in [3.63, 3.8) is 0 Å². The summed E-state index contributed by atoms with van der Waals surface area (Å²) in [6, 6.07) is 3.98. The normalized spacial score (nSPS) is 17.8. The van der Waals surface area contributed by atoms with Gasteiger partial charge in [-0.3, -0.25) is 4.79 Å². The van der Waals surface area contributed by atoms with E-state index < -0.39 is 0 Å². The molecule has 6 heteroatoms. The van der Waals surface area contributed by atoms with E-state index >= 15 is 0 Å². The standard InChI is InChI=1S/C18H21N5O/c1-12-6-7-16-20-14(11-22(16)9-12)18(24)23-8-4-5-15(23)17-19-13(2)10-21(17)3/h6-7,9-11,15H,4-5,8H2,1-3H3/t15-/m0/s1. The van der Waals surface area contributed by atoms with Gasteiger partial charge in [-0.2, -0.15) is 0 Å². The first-order valence-corrected chi connectivity index (χ1v) is 8.29. The third-order valence-electron chi connectivity index (χ3n) is 4.66. The number of likely N-dealkylation sites (tertiary alicyclic amines) is 1. The van der Waals surface area contributed by atoms with E-state index in [0.717, 1.165) is 42.1 Å². The van der Waals surface area contributed by atoms with Gasteiger partial charge in [0.15, 0.2) is 0 Å². The summed E-state index contributed by atoms with van der Waals surface area (Å²) in [4.78, 5) is 24.0. The van der Waals surface area contributed by atoms with Crippen LogP contribution in [0, 0.1) is 13.8 Å². The molecule has 1 amide bonds. The Kier molecular flexibility index (Phi) is 3.40. The summed E-state index contributed by atoms with van der Waals surface area (Å²) < 4.78 is 3.94. The Labute approximate surface area is 140 Å². The molecule has 1 atom stereocenters. The van der Waals surface area contributed by atoms with Crippen LogP contribution in [0.4, 0.5) is 0 Å². The Morgan fingerprint density at radius 2 is 2.00 bits per heavy atom. The quantitative estimate of drug-likeness (QED) is 0.728. The summed E-state index contributed by atoms with van der Waals surface area (Å²) in [5, 5.41) is 0. The second-order valence-corrected chi connectivity index (χ2v) is 6.61. The number of nitrogens with zero attached hydrogens (tertiary/aromatic N) is 5. The van der Waals surface area contributed by atoms with Gasteiger partial charge >= 0.3 is 0 Å². The summed E-state index contributed by atoms with van der Waals surface area (Å²) in [6.07, 6.45) is 7.76. The first-order valence-electron chi connectivity index (χ1n) is 8.29. The Balaban J connectivity index is 1.68. The fourth-order valence-corrected chi connectivity index (χ4v) is 3.58. The Morgan fingerprint density at radius 3 is 2.75 bits per heavy atom. The summed E-state index contributed by atoms with van der Waals surface area (Å²) in [7, 11) is 1.99. The lowest BCUT2D eigenvalue weighted by Crippen LogP contribution is -2.32. The first-order chi connectivity index (χ1) is 11.5. The number of hydrogen-bond acceptors (Lipinski definition) is 3. The van der Waals surface area contributed by atoms with Crippen LogP contribution in [0.5, 0.6) is 0 Å². The number of fused-ring (bicyclic) bond motifs is 1. The number of pyridine rings is 1. The van der Waals surface area contributed by atoms with E-state index in [0.29, 0.717) is 5.69 Å². The van der Waals surface area contributed by atoms with E-state index in [1.165, 1.54) is 0 Å². The van der Waals surface area contributed by atoms with Gasteiger partial charge in [-0.05, 0) is 38.3 Å². The van der Waals surface area contributed by atoms with Crippen LogP contribution in [0.25, 0.3) is 5.65 Å². The SMILES string of the molecule is Cc1ccc2nc(C(=O)N3CCC[C@H]3c3nc(C)cn3C)cn2c1. The van der Waals surface area contributed by atoms with Gasteiger partial charge in [-0.1, -0.05) is 6.07 Å². The smallest absolute Gasteiger partial charge is 0.274 e. The number of imidazole rings is 2. The predicted octanol–water partition coefficient (Wildman–Crippen LogP) is 2.66. The third-order valence-corrected chi connectivity index (χ3v) is 4.66. The largest absolute Gasteiger partial charge is 0.336 e. The predicted molar refractivity (Wildman–Crippen MR) is 90.9 cm³/mol. The van der Waals surface area contributed by atoms with Crippen molar-refractivity contribution in [1.82, 2.24) is 23.8 Å². The lowest BCUT2D eigenvalue weighted by molar-refractivity contribution is 0.0723. The minimum atomic E-state index is -0.0143. The maximum Gasteiger partial charge on any atom is 0.274 e. The fraction of sp³-hybridized carbons (Fsp3) is 0.389. The van der Waals surface area contributed by atoms with E-state index in [1.54, 1.807) is 0 Å². The van der Waals surface area contributed by atoms with Gasteiger partial charge in [-0.15, -0.1) is 0 Å². The highest BCUT2D eigenvalue weighted by atomic mass is 16.2. The van der Waals surface area contributed by atoms with Crippen molar-refractivity contribution in [3.8, 4) is 0 Å². The van der Waals surface area contributed by atoms with Crippen LogP contribution in [-0.4, -0.2) is 36.3 Å². The van der Waals surface area contributed by atoms with Gasteiger partial charge in [0.1, 0.15) is 17.2 Å². The van der Waals surface area contributed by atoms with Crippen molar-refractivity contribution in [2.24, 2.45) is 7.05 Å². The van der Waals surface area contributed by atoms with Crippen molar-refractivity contribution < 1.29 is 4.79 Å². The Hall–Kier alpha value is -2.63. The van der Waals surface area contributed by atoms with Crippen molar-refractivity contribution in [2.75, 3.05) is 6.54 Å². The molecule has 4 heterocycles. The number of carbonyl (C=O) groups is 1. The molecule has 1 aliphatic heterocycles. The van der Waals surface area contributed by atoms with E-state index in [1.807, 2.05) is 65.5 Å². The Morgan fingerprint density at radius 1 is 1.17 bits per heavy atom. The van der Waals surface area contributed by atoms with Gasteiger partial charge < -0.3 is 13.9 Å². The molecule has 4 rings (SSSR count). The number of hydrogen-bond donors (Lipinski definition) is 0. The van der Waals surface area contributed by atoms with Crippen LogP contribution < -0.4 is 0 Å². The molecule has 0 radical (unpaired) electrons. The molecular weight excluding hydrogens is 302 g/mol. The molecule has 24 heavy (non-hydrogen) atoms. The molecule has 1 aliphatic rings. The number of rotatable bonds is 2. The van der Waals surface area contributed by atoms with Crippen LogP contribution in [0.1, 0.15) is 46.5 Å². The van der Waals surface area contributed by atoms with Crippen molar-refractivity contribution >= 4 is 11.6 Å². The number of amides is 1. The third kappa shape index (κ3) is 2.38. The topological polar surface area (TPSA) is 55.4 Å². The van der Waals surface area contributed by atoms with Crippen LogP contribution >= 0.6 is 0 Å². The van der Waals surface area contributed by atoms with Crippen LogP contribution in [0.15, 0.2) is 30.7 Å². The number of carbonyl (C=O) groups excluding carboxylic acids is 1. The van der Waals surface area contributed by atoms with Gasteiger partial charge in [0.05, 0.1) is 11.7 Å². The van der Waals surface area contributed by atoms with Gasteiger partial charge in [0.25, 0.3) is 5.91 Å². The summed E-state index contributed by atoms with van der Waals surface area (Å²) in [5.41, 5.74) is 3.42. The van der Waals surface area contributed by atoms with E-state index in [2.05, 4.69) is 9.97 Å². The van der Waals surface area contributed by atoms with Crippen molar-refractivity contribution in [2.45, 2.75) is 32.7 Å². The molecule has 0 N–H and O–H groups in total. The van der Waals surface area contributed by atoms with Crippen molar-refractivity contribution in [3.05, 3.63) is 53.5 Å². The molecule has 1 fully saturated rings. The molecule has 124 valence electrons. The summed E-state index contributed by atoms with van der Waals surface area (Å²) in [6.45, 7) is 4.76. The van der Waals surface area contributed by atoms with Gasteiger partial charge in [-0.25, -0.2) is 9.97 Å². The van der Waals surface area contributed by atoms with Gasteiger partial charge in [0, 0.05) is 32.2 Å². The second-order valence-electron chi connectivity index (χ2n) is 6.61. The average Bonchev–Trinajstić information content (AvgIpc) is 3.23. The maximum atomic E-state index is 13.0. The molecule has 0 unspecified atom stereocenters.